The van der Waals surface area contributed by atoms with Crippen molar-refractivity contribution in [1.29, 1.82) is 0 Å². The molecule has 0 bridgehead atoms. The fraction of sp³-hybridized carbons (Fsp3) is 0.400. The number of aromatic amines is 1. The second-order valence-electron chi connectivity index (χ2n) is 3.88. The smallest absolute Gasteiger partial charge is 0.242 e. The molecule has 0 aliphatic heterocycles. The van der Waals surface area contributed by atoms with Gasteiger partial charge in [-0.3, -0.25) is 0 Å². The van der Waals surface area contributed by atoms with E-state index in [-0.39, 0.29) is 18.0 Å². The van der Waals surface area contributed by atoms with Gasteiger partial charge in [0.25, 0.3) is 0 Å². The lowest BCUT2D eigenvalue weighted by Gasteiger charge is -2.05. The Labute approximate surface area is 110 Å². The Kier molecular flexibility index (Phi) is 3.98. The number of rotatable bonds is 6. The summed E-state index contributed by atoms with van der Waals surface area (Å²) in [6, 6.07) is 1.38. The van der Waals surface area contributed by atoms with Gasteiger partial charge in [-0.1, -0.05) is 0 Å². The van der Waals surface area contributed by atoms with E-state index in [1.807, 2.05) is 6.92 Å². The van der Waals surface area contributed by atoms with Crippen LogP contribution < -0.4 is 4.72 Å². The zero-order valence-electron chi connectivity index (χ0n) is 10.4. The highest BCUT2D eigenvalue weighted by Crippen LogP contribution is 2.11. The molecule has 0 aromatic carbocycles. The minimum absolute atomic E-state index is 0.0653. The first-order valence-corrected chi connectivity index (χ1v) is 7.19. The van der Waals surface area contributed by atoms with Crippen molar-refractivity contribution in [3.8, 4) is 0 Å². The fourth-order valence-corrected chi connectivity index (χ4v) is 2.59. The highest BCUT2D eigenvalue weighted by atomic mass is 32.2. The number of aryl methyl sites for hydroxylation is 1. The van der Waals surface area contributed by atoms with Crippen molar-refractivity contribution in [1.82, 2.24) is 24.5 Å². The van der Waals surface area contributed by atoms with Crippen LogP contribution in [-0.2, 0) is 29.7 Å². The summed E-state index contributed by atoms with van der Waals surface area (Å²) < 4.78 is 28.2. The van der Waals surface area contributed by atoms with Gasteiger partial charge in [-0.05, 0) is 13.0 Å². The number of hydrogen-bond donors (Lipinski definition) is 3. The van der Waals surface area contributed by atoms with Crippen LogP contribution in [0.4, 0.5) is 0 Å². The summed E-state index contributed by atoms with van der Waals surface area (Å²) >= 11 is 0. The van der Waals surface area contributed by atoms with Gasteiger partial charge in [-0.15, -0.1) is 10.2 Å². The third-order valence-electron chi connectivity index (χ3n) is 2.65. The van der Waals surface area contributed by atoms with Crippen LogP contribution in [0.1, 0.15) is 18.4 Å². The molecule has 0 fully saturated rings. The second-order valence-corrected chi connectivity index (χ2v) is 5.64. The fourth-order valence-electron chi connectivity index (χ4n) is 1.59. The number of hydrogen-bond acceptors (Lipinski definition) is 5. The molecule has 8 nitrogen and oxygen atoms in total. The lowest BCUT2D eigenvalue weighted by atomic mass is 10.5. The van der Waals surface area contributed by atoms with Crippen molar-refractivity contribution in [2.75, 3.05) is 0 Å². The molecule has 0 saturated heterocycles. The van der Waals surface area contributed by atoms with E-state index < -0.39 is 10.0 Å². The Balaban J connectivity index is 2.09. The summed E-state index contributed by atoms with van der Waals surface area (Å²) in [6.07, 6.45) is 2.88. The Morgan fingerprint density at radius 1 is 1.53 bits per heavy atom. The van der Waals surface area contributed by atoms with Crippen LogP contribution in [0.5, 0.6) is 0 Å². The third-order valence-corrected chi connectivity index (χ3v) is 4.03. The van der Waals surface area contributed by atoms with E-state index in [1.54, 1.807) is 10.9 Å². The number of aliphatic hydroxyl groups excluding tert-OH is 1. The Morgan fingerprint density at radius 2 is 2.32 bits per heavy atom. The minimum atomic E-state index is -3.62. The van der Waals surface area contributed by atoms with Crippen LogP contribution in [0.25, 0.3) is 0 Å². The van der Waals surface area contributed by atoms with Gasteiger partial charge < -0.3 is 14.7 Å². The molecule has 0 saturated carbocycles. The molecule has 19 heavy (non-hydrogen) atoms. The first kappa shape index (κ1) is 13.7. The van der Waals surface area contributed by atoms with E-state index in [2.05, 4.69) is 19.9 Å². The summed E-state index contributed by atoms with van der Waals surface area (Å²) in [6.45, 7) is 2.42. The second kappa shape index (κ2) is 5.51. The van der Waals surface area contributed by atoms with Crippen molar-refractivity contribution in [2.45, 2.75) is 31.5 Å². The Morgan fingerprint density at radius 3 is 2.95 bits per heavy atom. The van der Waals surface area contributed by atoms with E-state index in [9.17, 15) is 8.42 Å². The maximum atomic E-state index is 12.0. The van der Waals surface area contributed by atoms with Crippen LogP contribution in [0.15, 0.2) is 23.5 Å². The molecule has 0 radical (unpaired) electrons. The highest BCUT2D eigenvalue weighted by Gasteiger charge is 2.16. The lowest BCUT2D eigenvalue weighted by Crippen LogP contribution is -2.24. The van der Waals surface area contributed by atoms with E-state index >= 15 is 0 Å². The number of sulfonamides is 1. The topological polar surface area (TPSA) is 113 Å². The molecule has 2 aromatic rings. The molecule has 0 atom stereocenters. The highest BCUT2D eigenvalue weighted by molar-refractivity contribution is 7.89. The number of nitrogens with one attached hydrogen (secondary N) is 2. The molecule has 2 heterocycles. The monoisotopic (exact) mass is 285 g/mol. The molecule has 0 amide bonds. The predicted molar refractivity (Wildman–Crippen MR) is 66.4 cm³/mol. The molecule has 0 aliphatic rings. The average Bonchev–Trinajstić information content (AvgIpc) is 3.05. The van der Waals surface area contributed by atoms with Crippen molar-refractivity contribution in [2.24, 2.45) is 0 Å². The van der Waals surface area contributed by atoms with Crippen LogP contribution in [0, 0.1) is 0 Å². The first-order chi connectivity index (χ1) is 9.06. The van der Waals surface area contributed by atoms with Gasteiger partial charge in [-0.25, -0.2) is 13.1 Å². The van der Waals surface area contributed by atoms with Crippen molar-refractivity contribution in [3.05, 3.63) is 30.1 Å². The largest absolute Gasteiger partial charge is 0.390 e. The van der Waals surface area contributed by atoms with Crippen LogP contribution in [-0.4, -0.2) is 33.3 Å². The molecule has 3 N–H and O–H groups in total. The van der Waals surface area contributed by atoms with Crippen molar-refractivity contribution >= 4 is 10.0 Å². The van der Waals surface area contributed by atoms with Crippen molar-refractivity contribution in [3.63, 3.8) is 0 Å². The van der Waals surface area contributed by atoms with Gasteiger partial charge in [0, 0.05) is 18.4 Å². The molecule has 0 unspecified atom stereocenters. The number of H-pyrrole nitrogens is 1. The maximum Gasteiger partial charge on any atom is 0.242 e. The van der Waals surface area contributed by atoms with E-state index in [0.717, 1.165) is 0 Å². The molecular formula is C10H15N5O3S. The molecule has 0 aliphatic carbocycles. The molecule has 0 spiro atoms. The van der Waals surface area contributed by atoms with Gasteiger partial charge >= 0.3 is 0 Å². The zero-order valence-corrected chi connectivity index (χ0v) is 11.2. The summed E-state index contributed by atoms with van der Waals surface area (Å²) in [4.78, 5) is 2.76. The van der Waals surface area contributed by atoms with Gasteiger partial charge in [0.1, 0.15) is 12.2 Å². The standard InChI is InChI=1S/C10H15N5O3S/c1-2-15-7-12-14-10(15)5-13-19(17,18)9-3-8(6-16)11-4-9/h3-4,7,11,13,16H,2,5-6H2,1H3. The molecule has 104 valence electrons. The normalized spacial score (nSPS) is 11.9. The Hall–Kier alpha value is -1.71. The average molecular weight is 285 g/mol. The third kappa shape index (κ3) is 3.00. The van der Waals surface area contributed by atoms with Gasteiger partial charge in [-0.2, -0.15) is 0 Å². The first-order valence-electron chi connectivity index (χ1n) is 5.71. The summed E-state index contributed by atoms with van der Waals surface area (Å²) in [5.41, 5.74) is 0.442. The van der Waals surface area contributed by atoms with Gasteiger partial charge in [0.2, 0.25) is 10.0 Å². The molecule has 9 heteroatoms. The number of aromatic nitrogens is 4. The van der Waals surface area contributed by atoms with Crippen LogP contribution in [0.2, 0.25) is 0 Å². The SMILES string of the molecule is CCn1cnnc1CNS(=O)(=O)c1c[nH]c(CO)c1. The van der Waals surface area contributed by atoms with Crippen LogP contribution >= 0.6 is 0 Å². The zero-order chi connectivity index (χ0) is 13.9. The number of nitrogens with zero attached hydrogens (tertiary/aromatic N) is 3. The van der Waals surface area contributed by atoms with Gasteiger partial charge in [0.15, 0.2) is 0 Å². The molecule has 2 aromatic heterocycles. The summed E-state index contributed by atoms with van der Waals surface area (Å²) in [5.74, 6) is 0.545. The minimum Gasteiger partial charge on any atom is -0.390 e. The van der Waals surface area contributed by atoms with Gasteiger partial charge in [0.05, 0.1) is 18.0 Å². The Bertz CT molecular complexity index is 646. The van der Waals surface area contributed by atoms with E-state index in [0.29, 0.717) is 18.1 Å². The van der Waals surface area contributed by atoms with Crippen molar-refractivity contribution < 1.29 is 13.5 Å². The van der Waals surface area contributed by atoms with E-state index in [4.69, 9.17) is 5.11 Å². The summed E-state index contributed by atoms with van der Waals surface area (Å²) in [7, 11) is -3.62. The maximum absolute atomic E-state index is 12.0. The summed E-state index contributed by atoms with van der Waals surface area (Å²) in [5, 5.41) is 16.5. The van der Waals surface area contributed by atoms with Crippen LogP contribution in [0.3, 0.4) is 0 Å². The number of aliphatic hydroxyl groups is 1. The van der Waals surface area contributed by atoms with E-state index in [1.165, 1.54) is 12.3 Å². The molecular weight excluding hydrogens is 270 g/mol. The lowest BCUT2D eigenvalue weighted by molar-refractivity contribution is 0.277. The molecule has 2 rings (SSSR count). The quantitative estimate of drug-likeness (QED) is 0.668. The predicted octanol–water partition coefficient (Wildman–Crippen LogP) is -0.403.